The van der Waals surface area contributed by atoms with Crippen molar-refractivity contribution in [1.82, 2.24) is 0 Å². The molecule has 136 valence electrons. The van der Waals surface area contributed by atoms with E-state index < -0.39 is 0 Å². The van der Waals surface area contributed by atoms with Crippen LogP contribution in [0.25, 0.3) is 0 Å². The molecule has 2 nitrogen and oxygen atoms in total. The van der Waals surface area contributed by atoms with Crippen molar-refractivity contribution in [3.63, 3.8) is 0 Å². The maximum atomic E-state index is 10.3. The third kappa shape index (κ3) is 4.58. The van der Waals surface area contributed by atoms with Crippen LogP contribution in [0.3, 0.4) is 0 Å². The third-order valence-electron chi connectivity index (χ3n) is 3.93. The topological polar surface area (TPSA) is 40.5 Å². The molecule has 5 heteroatoms. The molecule has 0 aromatic heterocycles. The fourth-order valence-electron chi connectivity index (χ4n) is 2.55. The Hall–Kier alpha value is -1.03. The van der Waals surface area contributed by atoms with Gasteiger partial charge >= 0.3 is 0 Å². The third-order valence-corrected chi connectivity index (χ3v) is 5.44. The SMILES string of the molecule is CC(C)(C)c1cc(Sc2cc(Cl)c(O)c(C(C)(C)C)c2)cc(Cl)c1O. The predicted octanol–water partition coefficient (Wildman–Crippen LogP) is 7.15. The Balaban J connectivity index is 2.51. The van der Waals surface area contributed by atoms with E-state index in [9.17, 15) is 10.2 Å². The summed E-state index contributed by atoms with van der Waals surface area (Å²) in [6.45, 7) is 12.2. The van der Waals surface area contributed by atoms with Crippen LogP contribution in [0.4, 0.5) is 0 Å². The number of halogens is 2. The van der Waals surface area contributed by atoms with Crippen LogP contribution in [-0.2, 0) is 10.8 Å². The Kier molecular flexibility index (Phi) is 5.63. The minimum atomic E-state index is -0.229. The van der Waals surface area contributed by atoms with Crippen molar-refractivity contribution in [2.75, 3.05) is 0 Å². The second-order valence-corrected chi connectivity index (χ2v) is 10.2. The molecule has 2 N–H and O–H groups in total. The highest BCUT2D eigenvalue weighted by atomic mass is 35.5. The monoisotopic (exact) mass is 398 g/mol. The van der Waals surface area contributed by atoms with Gasteiger partial charge in [-0.2, -0.15) is 0 Å². The fraction of sp³-hybridized carbons (Fsp3) is 0.400. The molecule has 0 radical (unpaired) electrons. The van der Waals surface area contributed by atoms with E-state index in [0.717, 1.165) is 20.9 Å². The van der Waals surface area contributed by atoms with Gasteiger partial charge in [-0.15, -0.1) is 0 Å². The van der Waals surface area contributed by atoms with Gasteiger partial charge in [0.15, 0.2) is 0 Å². The lowest BCUT2D eigenvalue weighted by molar-refractivity contribution is 0.445. The van der Waals surface area contributed by atoms with Crippen molar-refractivity contribution in [1.29, 1.82) is 0 Å². The van der Waals surface area contributed by atoms with Gasteiger partial charge in [-0.1, -0.05) is 76.5 Å². The average Bonchev–Trinajstić information content (AvgIpc) is 2.43. The first kappa shape index (κ1) is 20.3. The quantitative estimate of drug-likeness (QED) is 0.563. The van der Waals surface area contributed by atoms with Gasteiger partial charge in [-0.25, -0.2) is 0 Å². The van der Waals surface area contributed by atoms with Crippen LogP contribution in [0.1, 0.15) is 52.7 Å². The first-order chi connectivity index (χ1) is 11.3. The molecule has 0 aliphatic carbocycles. The van der Waals surface area contributed by atoms with E-state index in [1.54, 1.807) is 12.1 Å². The minimum absolute atomic E-state index is 0.123. The minimum Gasteiger partial charge on any atom is -0.506 e. The Bertz CT molecular complexity index is 735. The lowest BCUT2D eigenvalue weighted by Crippen LogP contribution is -2.12. The molecule has 0 unspecified atom stereocenters. The largest absolute Gasteiger partial charge is 0.506 e. The summed E-state index contributed by atoms with van der Waals surface area (Å²) in [6, 6.07) is 7.38. The van der Waals surface area contributed by atoms with Crippen molar-refractivity contribution < 1.29 is 10.2 Å². The van der Waals surface area contributed by atoms with E-state index in [1.807, 2.05) is 53.7 Å². The van der Waals surface area contributed by atoms with Gasteiger partial charge < -0.3 is 10.2 Å². The van der Waals surface area contributed by atoms with Crippen molar-refractivity contribution in [3.8, 4) is 11.5 Å². The van der Waals surface area contributed by atoms with Gasteiger partial charge in [0.25, 0.3) is 0 Å². The second kappa shape index (κ2) is 6.94. The van der Waals surface area contributed by atoms with Crippen LogP contribution in [0.5, 0.6) is 11.5 Å². The maximum absolute atomic E-state index is 10.3. The zero-order valence-corrected chi connectivity index (χ0v) is 17.7. The predicted molar refractivity (Wildman–Crippen MR) is 108 cm³/mol. The molecule has 0 aliphatic heterocycles. The first-order valence-corrected chi connectivity index (χ1v) is 9.62. The molecule has 0 bridgehead atoms. The Morgan fingerprint density at radius 2 is 1.00 bits per heavy atom. The molecule has 0 fully saturated rings. The van der Waals surface area contributed by atoms with Gasteiger partial charge in [0, 0.05) is 20.9 Å². The summed E-state index contributed by atoms with van der Waals surface area (Å²) >= 11 is 13.9. The second-order valence-electron chi connectivity index (χ2n) is 8.20. The van der Waals surface area contributed by atoms with E-state index in [2.05, 4.69) is 0 Å². The highest BCUT2D eigenvalue weighted by molar-refractivity contribution is 7.99. The molecule has 0 heterocycles. The number of hydrogen-bond acceptors (Lipinski definition) is 3. The lowest BCUT2D eigenvalue weighted by atomic mass is 9.86. The van der Waals surface area contributed by atoms with E-state index in [0.29, 0.717) is 10.0 Å². The van der Waals surface area contributed by atoms with Crippen LogP contribution in [0.15, 0.2) is 34.1 Å². The van der Waals surface area contributed by atoms with E-state index in [4.69, 9.17) is 23.2 Å². The zero-order valence-electron chi connectivity index (χ0n) is 15.4. The number of aromatic hydroxyl groups is 2. The molecule has 2 aromatic carbocycles. The summed E-state index contributed by atoms with van der Waals surface area (Å²) in [6.07, 6.45) is 0. The molecular formula is C20H24Cl2O2S. The van der Waals surface area contributed by atoms with Gasteiger partial charge in [0.2, 0.25) is 0 Å². The molecular weight excluding hydrogens is 375 g/mol. The molecule has 25 heavy (non-hydrogen) atoms. The van der Waals surface area contributed by atoms with Gasteiger partial charge in [-0.05, 0) is 35.1 Å². The first-order valence-electron chi connectivity index (χ1n) is 8.04. The fourth-order valence-corrected chi connectivity index (χ4v) is 4.09. The lowest BCUT2D eigenvalue weighted by Gasteiger charge is -2.23. The van der Waals surface area contributed by atoms with Crippen molar-refractivity contribution in [2.45, 2.75) is 62.2 Å². The highest BCUT2D eigenvalue weighted by Crippen LogP contribution is 2.44. The molecule has 0 spiro atoms. The Labute approximate surface area is 164 Å². The number of phenols is 2. The number of phenolic OH excluding ortho intramolecular Hbond substituents is 2. The molecule has 0 amide bonds. The summed E-state index contributed by atoms with van der Waals surface area (Å²) in [7, 11) is 0. The average molecular weight is 399 g/mol. The summed E-state index contributed by atoms with van der Waals surface area (Å²) < 4.78 is 0. The standard InChI is InChI=1S/C20H24Cl2O2S/c1-19(2,3)13-7-11(9-15(21)17(13)23)25-12-8-14(20(4,5)6)18(24)16(22)10-12/h7-10,23-24H,1-6H3. The van der Waals surface area contributed by atoms with E-state index >= 15 is 0 Å². The molecule has 2 rings (SSSR count). The summed E-state index contributed by atoms with van der Waals surface area (Å²) in [5.41, 5.74) is 1.13. The number of rotatable bonds is 2. The Morgan fingerprint density at radius 1 is 0.680 bits per heavy atom. The molecule has 2 aromatic rings. The van der Waals surface area contributed by atoms with E-state index in [-0.39, 0.29) is 22.3 Å². The molecule has 0 saturated heterocycles. The Morgan fingerprint density at radius 3 is 1.28 bits per heavy atom. The van der Waals surface area contributed by atoms with Crippen molar-refractivity contribution in [2.24, 2.45) is 0 Å². The summed E-state index contributed by atoms with van der Waals surface area (Å²) in [5.74, 6) is 0.246. The summed E-state index contributed by atoms with van der Waals surface area (Å²) in [4.78, 5) is 1.82. The van der Waals surface area contributed by atoms with Gasteiger partial charge in [0.05, 0.1) is 10.0 Å². The van der Waals surface area contributed by atoms with E-state index in [1.165, 1.54) is 11.8 Å². The normalized spacial score (nSPS) is 12.5. The maximum Gasteiger partial charge on any atom is 0.137 e. The highest BCUT2D eigenvalue weighted by Gasteiger charge is 2.23. The smallest absolute Gasteiger partial charge is 0.137 e. The van der Waals surface area contributed by atoms with Crippen LogP contribution in [0.2, 0.25) is 10.0 Å². The zero-order chi connectivity index (χ0) is 19.2. The van der Waals surface area contributed by atoms with Crippen LogP contribution < -0.4 is 0 Å². The molecule has 0 aliphatic rings. The van der Waals surface area contributed by atoms with Gasteiger partial charge in [0.1, 0.15) is 11.5 Å². The number of benzene rings is 2. The molecule has 0 atom stereocenters. The van der Waals surface area contributed by atoms with Crippen LogP contribution in [-0.4, -0.2) is 10.2 Å². The number of hydrogen-bond donors (Lipinski definition) is 2. The van der Waals surface area contributed by atoms with Crippen molar-refractivity contribution in [3.05, 3.63) is 45.4 Å². The van der Waals surface area contributed by atoms with Gasteiger partial charge in [-0.3, -0.25) is 0 Å². The van der Waals surface area contributed by atoms with Crippen LogP contribution in [0, 0.1) is 0 Å². The van der Waals surface area contributed by atoms with Crippen molar-refractivity contribution >= 4 is 35.0 Å². The summed E-state index contributed by atoms with van der Waals surface area (Å²) in [5, 5.41) is 21.2. The molecule has 0 saturated carbocycles. The van der Waals surface area contributed by atoms with Crippen LogP contribution >= 0.6 is 35.0 Å².